The number of piperidine rings is 1. The molecule has 2 aromatic carbocycles. The molecule has 2 aromatic heterocycles. The fourth-order valence-electron chi connectivity index (χ4n) is 4.21. The molecule has 8 nitrogen and oxygen atoms in total. The van der Waals surface area contributed by atoms with Crippen molar-refractivity contribution in [3.8, 4) is 22.6 Å². The largest absolute Gasteiger partial charge is 0.465 e. The lowest BCUT2D eigenvalue weighted by atomic mass is 9.96. The number of nitrogens with two attached hydrogens (primary N) is 1. The number of carboxylic acid groups (broad SMARTS) is 1. The molecule has 1 amide bonds. The Kier molecular flexibility index (Phi) is 7.94. The van der Waals surface area contributed by atoms with Gasteiger partial charge < -0.3 is 20.7 Å². The van der Waals surface area contributed by atoms with Crippen LogP contribution in [0, 0.1) is 6.92 Å². The van der Waals surface area contributed by atoms with E-state index in [9.17, 15) is 18.0 Å². The van der Waals surface area contributed by atoms with Crippen LogP contribution in [0.1, 0.15) is 35.7 Å². The number of aryl methyl sites for hydroxylation is 1. The van der Waals surface area contributed by atoms with Gasteiger partial charge in [0.2, 0.25) is 5.95 Å². The van der Waals surface area contributed by atoms with Crippen LogP contribution >= 0.6 is 0 Å². The third-order valence-corrected chi connectivity index (χ3v) is 6.21. The van der Waals surface area contributed by atoms with Crippen molar-refractivity contribution in [3.05, 3.63) is 83.8 Å². The highest BCUT2D eigenvalue weighted by molar-refractivity contribution is 5.77. The number of alkyl halides is 3. The summed E-state index contributed by atoms with van der Waals surface area (Å²) >= 11 is 0. The first-order valence-electron chi connectivity index (χ1n) is 12.0. The average Bonchev–Trinajstić information content (AvgIpc) is 3.35. The van der Waals surface area contributed by atoms with Crippen LogP contribution in [0.15, 0.2) is 66.9 Å². The van der Waals surface area contributed by atoms with Crippen molar-refractivity contribution in [2.24, 2.45) is 0 Å². The number of anilines is 1. The first-order chi connectivity index (χ1) is 18.1. The van der Waals surface area contributed by atoms with E-state index < -0.39 is 17.8 Å². The molecule has 0 spiro atoms. The van der Waals surface area contributed by atoms with E-state index in [1.54, 1.807) is 12.1 Å². The molecule has 4 aromatic rings. The molecule has 1 fully saturated rings. The summed E-state index contributed by atoms with van der Waals surface area (Å²) < 4.78 is 39.7. The number of hydrogen-bond acceptors (Lipinski definition) is 5. The maximum absolute atomic E-state index is 13.2. The van der Waals surface area contributed by atoms with Crippen LogP contribution in [0.4, 0.5) is 23.9 Å². The second kappa shape index (κ2) is 11.3. The summed E-state index contributed by atoms with van der Waals surface area (Å²) in [6, 6.07) is 16.8. The Hall–Kier alpha value is -4.41. The van der Waals surface area contributed by atoms with Gasteiger partial charge in [-0.2, -0.15) is 13.2 Å². The fourth-order valence-corrected chi connectivity index (χ4v) is 4.21. The first kappa shape index (κ1) is 26.6. The van der Waals surface area contributed by atoms with Crippen molar-refractivity contribution in [1.29, 1.82) is 0 Å². The number of benzene rings is 2. The van der Waals surface area contributed by atoms with Gasteiger partial charge in [-0.3, -0.25) is 0 Å². The van der Waals surface area contributed by atoms with Gasteiger partial charge in [-0.15, -0.1) is 0 Å². The predicted molar refractivity (Wildman–Crippen MR) is 137 cm³/mol. The first-order valence-corrected chi connectivity index (χ1v) is 12.0. The van der Waals surface area contributed by atoms with Gasteiger partial charge in [-0.1, -0.05) is 48.0 Å². The zero-order valence-corrected chi connectivity index (χ0v) is 20.6. The van der Waals surface area contributed by atoms with Crippen molar-refractivity contribution in [3.63, 3.8) is 0 Å². The number of nitrogens with zero attached hydrogens (tertiary/aromatic N) is 4. The van der Waals surface area contributed by atoms with E-state index in [0.717, 1.165) is 12.1 Å². The molecule has 0 bridgehead atoms. The Bertz CT molecular complexity index is 1380. The summed E-state index contributed by atoms with van der Waals surface area (Å²) in [5.41, 5.74) is 7.68. The number of carbonyl (C=O) groups is 1. The molecule has 11 heteroatoms. The van der Waals surface area contributed by atoms with Gasteiger partial charge >= 0.3 is 12.3 Å². The number of rotatable bonds is 3. The molecule has 1 saturated heterocycles. The molecule has 0 saturated carbocycles. The van der Waals surface area contributed by atoms with Crippen LogP contribution in [-0.2, 0) is 6.18 Å². The monoisotopic (exact) mass is 524 g/mol. The van der Waals surface area contributed by atoms with E-state index in [1.165, 1.54) is 22.7 Å². The van der Waals surface area contributed by atoms with Crippen molar-refractivity contribution in [1.82, 2.24) is 24.8 Å². The molecule has 3 heterocycles. The molecular weight excluding hydrogens is 497 g/mol. The number of amides is 1. The van der Waals surface area contributed by atoms with E-state index >= 15 is 0 Å². The van der Waals surface area contributed by atoms with E-state index in [1.807, 2.05) is 18.2 Å². The maximum Gasteiger partial charge on any atom is 0.416 e. The minimum absolute atomic E-state index is 0.0263. The summed E-state index contributed by atoms with van der Waals surface area (Å²) in [6.07, 6.45) is -2.90. The van der Waals surface area contributed by atoms with E-state index in [-0.39, 0.29) is 17.4 Å². The fraction of sp³-hybridized carbons (Fsp3) is 0.259. The van der Waals surface area contributed by atoms with Crippen LogP contribution in [0.2, 0.25) is 0 Å². The van der Waals surface area contributed by atoms with E-state index in [4.69, 9.17) is 10.8 Å². The SMILES string of the molecule is Cc1ccccc1.Nc1nccc(-c2[nH]c(C3CCN(C(=O)O)CC3)nc2-c2cccc(C(F)(F)F)c2)n1. The topological polar surface area (TPSA) is 121 Å². The highest BCUT2D eigenvalue weighted by Gasteiger charge is 2.32. The molecule has 4 N–H and O–H groups in total. The number of aromatic amines is 1. The molecule has 0 radical (unpaired) electrons. The average molecular weight is 525 g/mol. The third kappa shape index (κ3) is 6.47. The molecule has 198 valence electrons. The van der Waals surface area contributed by atoms with E-state index in [2.05, 4.69) is 39.0 Å². The Morgan fingerprint density at radius 1 is 1.05 bits per heavy atom. The second-order valence-corrected chi connectivity index (χ2v) is 8.92. The number of likely N-dealkylation sites (tertiary alicyclic amines) is 1. The van der Waals surface area contributed by atoms with Gasteiger partial charge in [0.25, 0.3) is 0 Å². The van der Waals surface area contributed by atoms with Crippen LogP contribution < -0.4 is 5.73 Å². The number of aromatic nitrogens is 4. The van der Waals surface area contributed by atoms with Crippen molar-refractivity contribution < 1.29 is 23.1 Å². The maximum atomic E-state index is 13.2. The molecule has 0 unspecified atom stereocenters. The third-order valence-electron chi connectivity index (χ3n) is 6.21. The van der Waals surface area contributed by atoms with Crippen LogP contribution in [-0.4, -0.2) is 49.1 Å². The zero-order chi connectivity index (χ0) is 27.3. The van der Waals surface area contributed by atoms with Crippen molar-refractivity contribution >= 4 is 12.0 Å². The molecule has 38 heavy (non-hydrogen) atoms. The molecule has 5 rings (SSSR count). The smallest absolute Gasteiger partial charge is 0.416 e. The van der Waals surface area contributed by atoms with Gasteiger partial charge in [0, 0.05) is 30.8 Å². The van der Waals surface area contributed by atoms with Gasteiger partial charge in [0.05, 0.1) is 22.6 Å². The minimum atomic E-state index is -4.49. The summed E-state index contributed by atoms with van der Waals surface area (Å²) in [5.74, 6) is 0.538. The quantitative estimate of drug-likeness (QED) is 0.303. The van der Waals surface area contributed by atoms with Crippen molar-refractivity contribution in [2.45, 2.75) is 31.9 Å². The van der Waals surface area contributed by atoms with E-state index in [0.29, 0.717) is 48.8 Å². The van der Waals surface area contributed by atoms with Crippen molar-refractivity contribution in [2.75, 3.05) is 18.8 Å². The lowest BCUT2D eigenvalue weighted by Crippen LogP contribution is -2.37. The van der Waals surface area contributed by atoms with Crippen LogP contribution in [0.25, 0.3) is 22.6 Å². The van der Waals surface area contributed by atoms with Gasteiger partial charge in [0.15, 0.2) is 0 Å². The zero-order valence-electron chi connectivity index (χ0n) is 20.6. The normalized spacial score (nSPS) is 14.1. The Labute approximate surface area is 217 Å². The Morgan fingerprint density at radius 3 is 2.34 bits per heavy atom. The number of nitrogen functional groups attached to an aromatic ring is 1. The predicted octanol–water partition coefficient (Wildman–Crippen LogP) is 5.99. The summed E-state index contributed by atoms with van der Waals surface area (Å²) in [5, 5.41) is 9.14. The summed E-state index contributed by atoms with van der Waals surface area (Å²) in [6.45, 7) is 2.80. The van der Waals surface area contributed by atoms with Gasteiger partial charge in [-0.25, -0.2) is 19.7 Å². The summed E-state index contributed by atoms with van der Waals surface area (Å²) in [7, 11) is 0. The second-order valence-electron chi connectivity index (χ2n) is 8.92. The molecular formula is C27H27F3N6O2. The van der Waals surface area contributed by atoms with Gasteiger partial charge in [0.1, 0.15) is 5.82 Å². The Morgan fingerprint density at radius 2 is 1.76 bits per heavy atom. The molecule has 0 atom stereocenters. The van der Waals surface area contributed by atoms with Crippen LogP contribution in [0.3, 0.4) is 0 Å². The lowest BCUT2D eigenvalue weighted by Gasteiger charge is -2.28. The molecule has 1 aliphatic rings. The number of nitrogens with one attached hydrogen (secondary N) is 1. The standard InChI is InChI=1S/C20H19F3N6O2.C7H8/c21-20(22,23)13-3-1-2-12(10-13)15-16(14-4-7-25-18(24)26-14)28-17(27-15)11-5-8-29(9-6-11)19(30)31;1-7-5-3-2-4-6-7/h1-4,7,10-11H,5-6,8-9H2,(H,27,28)(H,30,31)(H2,24,25,26);2-6H,1H3. The molecule has 0 aliphatic carbocycles. The van der Waals surface area contributed by atoms with Crippen LogP contribution in [0.5, 0.6) is 0 Å². The lowest BCUT2D eigenvalue weighted by molar-refractivity contribution is -0.137. The highest BCUT2D eigenvalue weighted by Crippen LogP contribution is 2.37. The highest BCUT2D eigenvalue weighted by atomic mass is 19.4. The molecule has 1 aliphatic heterocycles. The summed E-state index contributed by atoms with van der Waals surface area (Å²) in [4.78, 5) is 28.3. The minimum Gasteiger partial charge on any atom is -0.465 e. The Balaban J connectivity index is 0.000000417. The number of hydrogen-bond donors (Lipinski definition) is 3. The number of halogens is 3. The number of H-pyrrole nitrogens is 1. The van der Waals surface area contributed by atoms with Gasteiger partial charge in [-0.05, 0) is 38.0 Å². The number of imidazole rings is 1.